The lowest BCUT2D eigenvalue weighted by Gasteiger charge is -2.19. The molecule has 1 amide bonds. The number of amides is 1. The molecule has 0 unspecified atom stereocenters. The van der Waals surface area contributed by atoms with Crippen molar-refractivity contribution in [2.24, 2.45) is 0 Å². The summed E-state index contributed by atoms with van der Waals surface area (Å²) in [7, 11) is 0. The highest BCUT2D eigenvalue weighted by atomic mass is 32.1. The molecule has 0 atom stereocenters. The second-order valence-corrected chi connectivity index (χ2v) is 7.28. The molecule has 2 aromatic carbocycles. The minimum absolute atomic E-state index is 0.0344. The van der Waals surface area contributed by atoms with Gasteiger partial charge in [-0.15, -0.1) is 0 Å². The molecular weight excluding hydrogens is 366 g/mol. The second-order valence-electron chi connectivity index (χ2n) is 6.87. The van der Waals surface area contributed by atoms with Crippen LogP contribution in [0.1, 0.15) is 26.3 Å². The number of carbonyl (C=O) groups is 1. The number of hydrogen-bond acceptors (Lipinski definition) is 5. The van der Waals surface area contributed by atoms with E-state index in [4.69, 9.17) is 17.0 Å². The van der Waals surface area contributed by atoms with Gasteiger partial charge in [0.15, 0.2) is 11.7 Å². The average molecular weight is 387 g/mol. The van der Waals surface area contributed by atoms with Gasteiger partial charge in [0.1, 0.15) is 5.75 Å². The molecule has 0 aromatic heterocycles. The molecule has 0 fully saturated rings. The Morgan fingerprint density at radius 3 is 2.44 bits per heavy atom. The maximum atomic E-state index is 11.9. The van der Waals surface area contributed by atoms with Gasteiger partial charge in [-0.2, -0.15) is 0 Å². The predicted molar refractivity (Wildman–Crippen MR) is 108 cm³/mol. The summed E-state index contributed by atoms with van der Waals surface area (Å²) in [6.07, 6.45) is 0. The fraction of sp³-hybridized carbons (Fsp3) is 0.263. The second kappa shape index (κ2) is 8.59. The summed E-state index contributed by atoms with van der Waals surface area (Å²) in [5, 5.41) is 16.0. The van der Waals surface area contributed by atoms with Crippen molar-refractivity contribution in [2.45, 2.75) is 26.2 Å². The quantitative estimate of drug-likeness (QED) is 0.461. The van der Waals surface area contributed by atoms with Gasteiger partial charge in [0.25, 0.3) is 11.6 Å². The van der Waals surface area contributed by atoms with Gasteiger partial charge < -0.3 is 10.1 Å². The Labute approximate surface area is 162 Å². The van der Waals surface area contributed by atoms with E-state index in [-0.39, 0.29) is 22.8 Å². The molecule has 0 aliphatic rings. The molecule has 7 nitrogen and oxygen atoms in total. The molecule has 2 aromatic rings. The van der Waals surface area contributed by atoms with Crippen molar-refractivity contribution < 1.29 is 14.5 Å². The third-order valence-corrected chi connectivity index (χ3v) is 3.86. The minimum atomic E-state index is -0.508. The van der Waals surface area contributed by atoms with E-state index >= 15 is 0 Å². The molecule has 0 spiro atoms. The first kappa shape index (κ1) is 20.3. The van der Waals surface area contributed by atoms with E-state index in [2.05, 4.69) is 31.4 Å². The number of ether oxygens (including phenoxy) is 1. The number of nitro benzene ring substituents is 1. The number of anilines is 1. The lowest BCUT2D eigenvalue weighted by Crippen LogP contribution is -2.37. The van der Waals surface area contributed by atoms with Crippen LogP contribution >= 0.6 is 12.2 Å². The Balaban J connectivity index is 1.84. The number of thiocarbonyl (C=S) groups is 1. The van der Waals surface area contributed by atoms with Gasteiger partial charge in [-0.1, -0.05) is 39.0 Å². The van der Waals surface area contributed by atoms with Crippen LogP contribution in [0.5, 0.6) is 5.75 Å². The van der Waals surface area contributed by atoms with Crippen molar-refractivity contribution in [1.82, 2.24) is 5.32 Å². The molecule has 0 heterocycles. The summed E-state index contributed by atoms with van der Waals surface area (Å²) in [4.78, 5) is 22.2. The van der Waals surface area contributed by atoms with E-state index in [9.17, 15) is 14.9 Å². The van der Waals surface area contributed by atoms with Crippen LogP contribution in [-0.2, 0) is 10.2 Å². The molecule has 2 rings (SSSR count). The summed E-state index contributed by atoms with van der Waals surface area (Å²) in [6.45, 7) is 6.15. The number of nitro groups is 1. The van der Waals surface area contributed by atoms with Crippen LogP contribution in [0.15, 0.2) is 48.5 Å². The summed E-state index contributed by atoms with van der Waals surface area (Å²) >= 11 is 5.04. The van der Waals surface area contributed by atoms with Gasteiger partial charge in [0, 0.05) is 17.8 Å². The summed E-state index contributed by atoms with van der Waals surface area (Å²) in [5.74, 6) is 0.147. The van der Waals surface area contributed by atoms with Crippen molar-refractivity contribution in [3.05, 3.63) is 64.2 Å². The third-order valence-electron chi connectivity index (χ3n) is 3.66. The van der Waals surface area contributed by atoms with E-state index in [1.165, 1.54) is 23.8 Å². The van der Waals surface area contributed by atoms with E-state index in [0.717, 1.165) is 0 Å². The van der Waals surface area contributed by atoms with Crippen LogP contribution < -0.4 is 15.4 Å². The van der Waals surface area contributed by atoms with E-state index < -0.39 is 10.8 Å². The predicted octanol–water partition coefficient (Wildman–Crippen LogP) is 3.78. The first-order valence-electron chi connectivity index (χ1n) is 8.24. The van der Waals surface area contributed by atoms with Gasteiger partial charge in [-0.3, -0.25) is 20.2 Å². The Bertz CT molecular complexity index is 845. The molecular formula is C19H21N3O4S. The zero-order chi connectivity index (χ0) is 20.0. The molecule has 27 heavy (non-hydrogen) atoms. The molecule has 0 aliphatic heterocycles. The maximum Gasteiger partial charge on any atom is 0.271 e. The Hall–Kier alpha value is -3.00. The highest BCUT2D eigenvalue weighted by molar-refractivity contribution is 7.80. The number of benzene rings is 2. The number of rotatable bonds is 5. The number of carbonyl (C=O) groups excluding carboxylic acids is 1. The van der Waals surface area contributed by atoms with Crippen molar-refractivity contribution >= 4 is 34.6 Å². The van der Waals surface area contributed by atoms with Gasteiger partial charge >= 0.3 is 0 Å². The molecule has 0 bridgehead atoms. The van der Waals surface area contributed by atoms with Crippen molar-refractivity contribution in [3.63, 3.8) is 0 Å². The third kappa shape index (κ3) is 6.34. The van der Waals surface area contributed by atoms with Crippen LogP contribution in [0.3, 0.4) is 0 Å². The standard InChI is InChI=1S/C19H21N3O4S/c1-19(2,3)13-7-9-16(10-8-13)26-12-17(23)21-18(27)20-14-5-4-6-15(11-14)22(24)25/h4-11H,12H2,1-3H3,(H2,20,21,23,27). The summed E-state index contributed by atoms with van der Waals surface area (Å²) < 4.78 is 5.45. The van der Waals surface area contributed by atoms with Crippen molar-refractivity contribution in [2.75, 3.05) is 11.9 Å². The molecule has 2 N–H and O–H groups in total. The van der Waals surface area contributed by atoms with Gasteiger partial charge in [0.05, 0.1) is 4.92 Å². The number of non-ortho nitro benzene ring substituents is 1. The highest BCUT2D eigenvalue weighted by Crippen LogP contribution is 2.24. The van der Waals surface area contributed by atoms with Crippen molar-refractivity contribution in [3.8, 4) is 5.75 Å². The lowest BCUT2D eigenvalue weighted by atomic mass is 9.87. The van der Waals surface area contributed by atoms with Crippen LogP contribution in [0, 0.1) is 10.1 Å². The Morgan fingerprint density at radius 1 is 1.19 bits per heavy atom. The fourth-order valence-corrected chi connectivity index (χ4v) is 2.45. The zero-order valence-corrected chi connectivity index (χ0v) is 16.1. The summed E-state index contributed by atoms with van der Waals surface area (Å²) in [6, 6.07) is 13.4. The average Bonchev–Trinajstić information content (AvgIpc) is 2.59. The minimum Gasteiger partial charge on any atom is -0.484 e. The Morgan fingerprint density at radius 2 is 1.85 bits per heavy atom. The van der Waals surface area contributed by atoms with Crippen LogP contribution in [0.25, 0.3) is 0 Å². The largest absolute Gasteiger partial charge is 0.484 e. The highest BCUT2D eigenvalue weighted by Gasteiger charge is 2.13. The van der Waals surface area contributed by atoms with E-state index in [1.54, 1.807) is 6.07 Å². The SMILES string of the molecule is CC(C)(C)c1ccc(OCC(=O)NC(=S)Nc2cccc([N+](=O)[O-])c2)cc1. The van der Waals surface area contributed by atoms with Crippen LogP contribution in [-0.4, -0.2) is 22.5 Å². The van der Waals surface area contributed by atoms with Crippen LogP contribution in [0.2, 0.25) is 0 Å². The van der Waals surface area contributed by atoms with Gasteiger partial charge in [-0.25, -0.2) is 0 Å². The monoisotopic (exact) mass is 387 g/mol. The van der Waals surface area contributed by atoms with Crippen molar-refractivity contribution in [1.29, 1.82) is 0 Å². The maximum absolute atomic E-state index is 11.9. The topological polar surface area (TPSA) is 93.5 Å². The normalized spacial score (nSPS) is 10.8. The molecule has 0 saturated carbocycles. The van der Waals surface area contributed by atoms with Crippen LogP contribution in [0.4, 0.5) is 11.4 Å². The first-order valence-corrected chi connectivity index (χ1v) is 8.64. The number of nitrogens with zero attached hydrogens (tertiary/aromatic N) is 1. The zero-order valence-electron chi connectivity index (χ0n) is 15.3. The molecule has 142 valence electrons. The van der Waals surface area contributed by atoms with Gasteiger partial charge in [-0.05, 0) is 41.4 Å². The molecule has 0 saturated heterocycles. The molecule has 0 radical (unpaired) electrons. The lowest BCUT2D eigenvalue weighted by molar-refractivity contribution is -0.384. The molecule has 8 heteroatoms. The Kier molecular flexibility index (Phi) is 6.46. The smallest absolute Gasteiger partial charge is 0.271 e. The fourth-order valence-electron chi connectivity index (χ4n) is 2.22. The number of nitrogens with one attached hydrogen (secondary N) is 2. The molecule has 0 aliphatic carbocycles. The summed E-state index contributed by atoms with van der Waals surface area (Å²) in [5.41, 5.74) is 1.55. The first-order chi connectivity index (χ1) is 12.6. The van der Waals surface area contributed by atoms with E-state index in [1.807, 2.05) is 24.3 Å². The van der Waals surface area contributed by atoms with E-state index in [0.29, 0.717) is 11.4 Å². The number of hydrogen-bond donors (Lipinski definition) is 2. The van der Waals surface area contributed by atoms with Gasteiger partial charge in [0.2, 0.25) is 0 Å².